The first-order valence-corrected chi connectivity index (χ1v) is 11.6. The molecule has 3 rings (SSSR count). The molecule has 1 amide bonds. The third-order valence-corrected chi connectivity index (χ3v) is 7.00. The minimum Gasteiger partial charge on any atom is -0.497 e. The number of anilines is 2. The second-order valence-electron chi connectivity index (χ2n) is 8.45. The molecule has 0 heterocycles. The van der Waals surface area contributed by atoms with Crippen LogP contribution in [-0.2, 0) is 15.4 Å². The first-order valence-electron chi connectivity index (χ1n) is 10.2. The number of benzene rings is 3. The quantitative estimate of drug-likeness (QED) is 0.567. The highest BCUT2D eigenvalue weighted by Gasteiger charge is 2.26. The van der Waals surface area contributed by atoms with Crippen molar-refractivity contribution in [2.75, 3.05) is 23.8 Å². The Hall–Kier alpha value is -3.32. The van der Waals surface area contributed by atoms with Crippen molar-refractivity contribution in [1.29, 1.82) is 0 Å². The van der Waals surface area contributed by atoms with Gasteiger partial charge < -0.3 is 10.1 Å². The summed E-state index contributed by atoms with van der Waals surface area (Å²) in [6.07, 6.45) is 0. The van der Waals surface area contributed by atoms with Crippen LogP contribution in [0.5, 0.6) is 5.75 Å². The van der Waals surface area contributed by atoms with Crippen LogP contribution in [-0.4, -0.2) is 28.5 Å². The molecule has 168 valence electrons. The van der Waals surface area contributed by atoms with Gasteiger partial charge in [-0.15, -0.1) is 0 Å². The van der Waals surface area contributed by atoms with E-state index in [1.54, 1.807) is 67.8 Å². The van der Waals surface area contributed by atoms with Gasteiger partial charge in [0.25, 0.3) is 15.9 Å². The Labute approximate surface area is 189 Å². The molecule has 0 spiro atoms. The summed E-state index contributed by atoms with van der Waals surface area (Å²) in [5.74, 6) is 0.266. The number of hydrogen-bond donors (Lipinski definition) is 1. The molecule has 0 unspecified atom stereocenters. The first-order chi connectivity index (χ1) is 15.0. The standard InChI is InChI=1S/C25H28N2O4S/c1-25(2,3)18-10-16-21(17-11-18)32(29,30)27(4)23-9-7-6-8-22(23)24(28)26-19-12-14-20(31-5)15-13-19/h6-17H,1-5H3,(H,26,28). The Kier molecular flexibility index (Phi) is 6.60. The third kappa shape index (κ3) is 4.94. The van der Waals surface area contributed by atoms with Crippen molar-refractivity contribution in [3.63, 3.8) is 0 Å². The highest BCUT2D eigenvalue weighted by atomic mass is 32.2. The van der Waals surface area contributed by atoms with Crippen molar-refractivity contribution in [3.8, 4) is 5.75 Å². The SMILES string of the molecule is COc1ccc(NC(=O)c2ccccc2N(C)S(=O)(=O)c2ccc(C(C)(C)C)cc2)cc1. The van der Waals surface area contributed by atoms with Gasteiger partial charge in [0, 0.05) is 12.7 Å². The van der Waals surface area contributed by atoms with Crippen molar-refractivity contribution in [2.45, 2.75) is 31.1 Å². The zero-order chi connectivity index (χ0) is 23.5. The average molecular weight is 453 g/mol. The molecule has 0 fully saturated rings. The van der Waals surface area contributed by atoms with Gasteiger partial charge in [-0.1, -0.05) is 45.0 Å². The van der Waals surface area contributed by atoms with Crippen molar-refractivity contribution >= 4 is 27.3 Å². The highest BCUT2D eigenvalue weighted by molar-refractivity contribution is 7.92. The van der Waals surface area contributed by atoms with Crippen LogP contribution in [0.15, 0.2) is 77.7 Å². The van der Waals surface area contributed by atoms with Crippen molar-refractivity contribution in [3.05, 3.63) is 83.9 Å². The van der Waals surface area contributed by atoms with Gasteiger partial charge in [-0.3, -0.25) is 9.10 Å². The normalized spacial score (nSPS) is 11.7. The van der Waals surface area contributed by atoms with E-state index in [-0.39, 0.29) is 15.9 Å². The summed E-state index contributed by atoms with van der Waals surface area (Å²) in [5, 5.41) is 2.80. The number of nitrogens with one attached hydrogen (secondary N) is 1. The molecule has 0 radical (unpaired) electrons. The van der Waals surface area contributed by atoms with E-state index in [0.29, 0.717) is 17.1 Å². The van der Waals surface area contributed by atoms with Gasteiger partial charge in [0.15, 0.2) is 0 Å². The van der Waals surface area contributed by atoms with Crippen LogP contribution >= 0.6 is 0 Å². The maximum absolute atomic E-state index is 13.3. The zero-order valence-electron chi connectivity index (χ0n) is 18.9. The maximum Gasteiger partial charge on any atom is 0.264 e. The Morgan fingerprint density at radius 3 is 2.06 bits per heavy atom. The fourth-order valence-electron chi connectivity index (χ4n) is 3.23. The number of rotatable bonds is 6. The lowest BCUT2D eigenvalue weighted by molar-refractivity contribution is 0.102. The van der Waals surface area contributed by atoms with Crippen LogP contribution in [0, 0.1) is 0 Å². The van der Waals surface area contributed by atoms with E-state index in [9.17, 15) is 13.2 Å². The molecule has 0 aliphatic rings. The van der Waals surface area contributed by atoms with Crippen LogP contribution in [0.3, 0.4) is 0 Å². The van der Waals surface area contributed by atoms with Gasteiger partial charge in [-0.25, -0.2) is 8.42 Å². The molecule has 1 N–H and O–H groups in total. The summed E-state index contributed by atoms with van der Waals surface area (Å²) < 4.78 is 32.8. The predicted molar refractivity (Wildman–Crippen MR) is 128 cm³/mol. The lowest BCUT2D eigenvalue weighted by Crippen LogP contribution is -2.29. The fourth-order valence-corrected chi connectivity index (χ4v) is 4.44. The van der Waals surface area contributed by atoms with E-state index in [0.717, 1.165) is 9.87 Å². The number of methoxy groups -OCH3 is 1. The molecule has 3 aromatic carbocycles. The molecule has 7 heteroatoms. The Balaban J connectivity index is 1.90. The summed E-state index contributed by atoms with van der Waals surface area (Å²) in [6.45, 7) is 6.21. The van der Waals surface area contributed by atoms with E-state index in [2.05, 4.69) is 26.1 Å². The van der Waals surface area contributed by atoms with Gasteiger partial charge in [-0.2, -0.15) is 0 Å². The molecule has 0 bridgehead atoms. The minimum atomic E-state index is -3.86. The van der Waals surface area contributed by atoms with E-state index >= 15 is 0 Å². The van der Waals surface area contributed by atoms with Crippen LogP contribution in [0.25, 0.3) is 0 Å². The lowest BCUT2D eigenvalue weighted by Gasteiger charge is -2.23. The topological polar surface area (TPSA) is 75.7 Å². The Morgan fingerprint density at radius 1 is 0.906 bits per heavy atom. The molecule has 0 saturated heterocycles. The molecule has 0 aromatic heterocycles. The summed E-state index contributed by atoms with van der Waals surface area (Å²) in [5.41, 5.74) is 2.08. The number of para-hydroxylation sites is 1. The Morgan fingerprint density at radius 2 is 1.50 bits per heavy atom. The van der Waals surface area contributed by atoms with Crippen LogP contribution in [0.4, 0.5) is 11.4 Å². The van der Waals surface area contributed by atoms with E-state index in [1.165, 1.54) is 7.05 Å². The number of hydrogen-bond acceptors (Lipinski definition) is 4. The van der Waals surface area contributed by atoms with Crippen LogP contribution in [0.2, 0.25) is 0 Å². The number of carbonyl (C=O) groups is 1. The van der Waals surface area contributed by atoms with Crippen molar-refractivity contribution in [1.82, 2.24) is 0 Å². The molecule has 32 heavy (non-hydrogen) atoms. The summed E-state index contributed by atoms with van der Waals surface area (Å²) in [7, 11) is -0.838. The molecule has 0 atom stereocenters. The predicted octanol–water partition coefficient (Wildman–Crippen LogP) is 5.07. The number of amides is 1. The second kappa shape index (κ2) is 9.04. The highest BCUT2D eigenvalue weighted by Crippen LogP contribution is 2.29. The van der Waals surface area contributed by atoms with Crippen LogP contribution in [0.1, 0.15) is 36.7 Å². The molecule has 0 saturated carbocycles. The van der Waals surface area contributed by atoms with Gasteiger partial charge >= 0.3 is 0 Å². The molecular formula is C25H28N2O4S. The van der Waals surface area contributed by atoms with Crippen molar-refractivity contribution in [2.24, 2.45) is 0 Å². The molecule has 0 aliphatic carbocycles. The molecule has 6 nitrogen and oxygen atoms in total. The van der Waals surface area contributed by atoms with Gasteiger partial charge in [0.2, 0.25) is 0 Å². The van der Waals surface area contributed by atoms with Crippen LogP contribution < -0.4 is 14.4 Å². The zero-order valence-corrected chi connectivity index (χ0v) is 19.7. The summed E-state index contributed by atoms with van der Waals surface area (Å²) >= 11 is 0. The van der Waals surface area contributed by atoms with E-state index in [1.807, 2.05) is 12.1 Å². The summed E-state index contributed by atoms with van der Waals surface area (Å²) in [4.78, 5) is 13.1. The number of sulfonamides is 1. The number of ether oxygens (including phenoxy) is 1. The summed E-state index contributed by atoms with van der Waals surface area (Å²) in [6, 6.07) is 20.4. The largest absolute Gasteiger partial charge is 0.497 e. The second-order valence-corrected chi connectivity index (χ2v) is 10.4. The lowest BCUT2D eigenvalue weighted by atomic mass is 9.87. The van der Waals surface area contributed by atoms with E-state index in [4.69, 9.17) is 4.74 Å². The van der Waals surface area contributed by atoms with E-state index < -0.39 is 15.9 Å². The molecule has 0 aliphatic heterocycles. The van der Waals surface area contributed by atoms with Gasteiger partial charge in [0.05, 0.1) is 23.3 Å². The average Bonchev–Trinajstić information content (AvgIpc) is 2.78. The maximum atomic E-state index is 13.3. The van der Waals surface area contributed by atoms with Crippen molar-refractivity contribution < 1.29 is 17.9 Å². The van der Waals surface area contributed by atoms with Gasteiger partial charge in [-0.05, 0) is 59.5 Å². The molecule has 3 aromatic rings. The van der Waals surface area contributed by atoms with Gasteiger partial charge in [0.1, 0.15) is 5.75 Å². The third-order valence-electron chi connectivity index (χ3n) is 5.21. The smallest absolute Gasteiger partial charge is 0.264 e. The number of carbonyl (C=O) groups excluding carboxylic acids is 1. The first kappa shape index (κ1) is 23.3. The fraction of sp³-hybridized carbons (Fsp3) is 0.240. The minimum absolute atomic E-state index is 0.0830. The monoisotopic (exact) mass is 452 g/mol. The molecular weight excluding hydrogens is 424 g/mol. The Bertz CT molecular complexity index is 1200. The number of nitrogens with zero attached hydrogens (tertiary/aromatic N) is 1.